The van der Waals surface area contributed by atoms with Crippen LogP contribution in [0.2, 0.25) is 0 Å². The van der Waals surface area contributed by atoms with Crippen LogP contribution in [0.1, 0.15) is 56.1 Å². The lowest BCUT2D eigenvalue weighted by Crippen LogP contribution is -2.57. The molecule has 7 amide bonds. The number of likely N-dealkylation sites (tertiary alicyclic amines) is 3. The number of nitrogens with two attached hydrogens (primary N) is 1. The van der Waals surface area contributed by atoms with Crippen LogP contribution in [0.3, 0.4) is 0 Å². The molecule has 3 saturated heterocycles. The molecule has 0 radical (unpaired) electrons. The van der Waals surface area contributed by atoms with E-state index in [1.165, 1.54) is 19.3 Å². The Balaban J connectivity index is 1.08. The first-order chi connectivity index (χ1) is 22.3. The van der Waals surface area contributed by atoms with Crippen molar-refractivity contribution in [3.05, 3.63) is 59.7 Å². The first-order valence-electron chi connectivity index (χ1n) is 16.7. The van der Waals surface area contributed by atoms with E-state index >= 15 is 0 Å². The highest BCUT2D eigenvalue weighted by Crippen LogP contribution is 2.28. The van der Waals surface area contributed by atoms with Crippen LogP contribution in [-0.2, 0) is 17.8 Å². The van der Waals surface area contributed by atoms with E-state index in [4.69, 9.17) is 5.73 Å². The third-order valence-electron chi connectivity index (χ3n) is 9.99. The predicted molar refractivity (Wildman–Crippen MR) is 176 cm³/mol. The molecule has 0 aromatic heterocycles. The Bertz CT molecular complexity index is 1400. The summed E-state index contributed by atoms with van der Waals surface area (Å²) in [6.07, 6.45) is 7.35. The van der Waals surface area contributed by atoms with Crippen molar-refractivity contribution < 1.29 is 19.2 Å². The van der Waals surface area contributed by atoms with Crippen molar-refractivity contribution in [2.24, 2.45) is 5.73 Å². The fraction of sp³-hybridized carbons (Fsp3) is 0.529. The Morgan fingerprint density at radius 2 is 1.48 bits per heavy atom. The molecule has 5 N–H and O–H groups in total. The van der Waals surface area contributed by atoms with Crippen LogP contribution in [0, 0.1) is 0 Å². The van der Waals surface area contributed by atoms with Gasteiger partial charge >= 0.3 is 18.1 Å². The van der Waals surface area contributed by atoms with Crippen molar-refractivity contribution in [1.82, 2.24) is 24.9 Å². The number of urea groups is 3. The smallest absolute Gasteiger partial charge is 0.322 e. The summed E-state index contributed by atoms with van der Waals surface area (Å²) < 4.78 is 0. The molecule has 0 saturated carbocycles. The lowest BCUT2D eigenvalue weighted by Gasteiger charge is -2.42. The maximum atomic E-state index is 14.0. The van der Waals surface area contributed by atoms with Crippen molar-refractivity contribution in [2.75, 3.05) is 49.9 Å². The molecule has 3 fully saturated rings. The van der Waals surface area contributed by atoms with Gasteiger partial charge in [0.1, 0.15) is 6.04 Å². The highest BCUT2D eigenvalue weighted by Gasteiger charge is 2.35. The average Bonchev–Trinajstić information content (AvgIpc) is 3.08. The maximum Gasteiger partial charge on any atom is 0.322 e. The number of carbonyl (C=O) groups is 4. The van der Waals surface area contributed by atoms with Gasteiger partial charge in [0, 0.05) is 62.6 Å². The molecule has 1 unspecified atom stereocenters. The zero-order valence-corrected chi connectivity index (χ0v) is 26.5. The summed E-state index contributed by atoms with van der Waals surface area (Å²) in [5.41, 5.74) is 8.62. The molecule has 4 aliphatic rings. The number of nitrogens with one attached hydrogen (secondary N) is 3. The number of anilines is 2. The molecule has 6 rings (SSSR count). The monoisotopic (exact) mass is 630 g/mol. The third-order valence-corrected chi connectivity index (χ3v) is 9.99. The zero-order valence-electron chi connectivity index (χ0n) is 26.5. The summed E-state index contributed by atoms with van der Waals surface area (Å²) >= 11 is 0. The highest BCUT2D eigenvalue weighted by atomic mass is 16.2. The van der Waals surface area contributed by atoms with Crippen LogP contribution in [0.5, 0.6) is 0 Å². The van der Waals surface area contributed by atoms with Crippen LogP contribution >= 0.6 is 0 Å². The van der Waals surface area contributed by atoms with Crippen molar-refractivity contribution in [3.8, 4) is 0 Å². The molecular weight excluding hydrogens is 584 g/mol. The summed E-state index contributed by atoms with van der Waals surface area (Å²) in [7, 11) is 0. The quantitative estimate of drug-likeness (QED) is 0.368. The van der Waals surface area contributed by atoms with Crippen LogP contribution in [0.25, 0.3) is 0 Å². The second-order valence-corrected chi connectivity index (χ2v) is 13.0. The van der Waals surface area contributed by atoms with E-state index in [0.717, 1.165) is 42.7 Å². The van der Waals surface area contributed by atoms with Gasteiger partial charge in [-0.1, -0.05) is 36.8 Å². The molecule has 2 aromatic rings. The van der Waals surface area contributed by atoms with Gasteiger partial charge in [0.15, 0.2) is 0 Å². The number of carbonyl (C=O) groups excluding carboxylic acids is 4. The minimum absolute atomic E-state index is 0.0311. The molecular formula is C34H46N8O4. The maximum absolute atomic E-state index is 14.0. The molecule has 0 aliphatic carbocycles. The van der Waals surface area contributed by atoms with Crippen LogP contribution in [-0.4, -0.2) is 101 Å². The van der Waals surface area contributed by atoms with E-state index < -0.39 is 12.1 Å². The SMILES string of the molecule is NC(=O)Nc1ccc(CC(NC(=O)N2CCC(N3Cc4ccccc4NC3=O)CC2)C(=O)N2CCC(N3CCCCC3)CC2)cc1. The fourth-order valence-corrected chi connectivity index (χ4v) is 7.40. The molecule has 12 nitrogen and oxygen atoms in total. The first kappa shape index (κ1) is 31.7. The van der Waals surface area contributed by atoms with Gasteiger partial charge in [-0.15, -0.1) is 0 Å². The van der Waals surface area contributed by atoms with Gasteiger partial charge in [-0.3, -0.25) is 4.79 Å². The number of benzene rings is 2. The minimum Gasteiger partial charge on any atom is -0.351 e. The van der Waals surface area contributed by atoms with Crippen molar-refractivity contribution >= 4 is 35.4 Å². The highest BCUT2D eigenvalue weighted by molar-refractivity contribution is 5.92. The average molecular weight is 631 g/mol. The number of fused-ring (bicyclic) bond motifs is 1. The summed E-state index contributed by atoms with van der Waals surface area (Å²) in [6.45, 7) is 5.20. The molecule has 12 heteroatoms. The number of nitrogens with zero attached hydrogens (tertiary/aromatic N) is 4. The van der Waals surface area contributed by atoms with E-state index in [2.05, 4.69) is 20.9 Å². The van der Waals surface area contributed by atoms with Gasteiger partial charge in [0.05, 0.1) is 0 Å². The topological polar surface area (TPSA) is 143 Å². The Morgan fingerprint density at radius 1 is 0.826 bits per heavy atom. The van der Waals surface area contributed by atoms with Gasteiger partial charge < -0.3 is 41.3 Å². The summed E-state index contributed by atoms with van der Waals surface area (Å²) in [6, 6.07) is 13.8. The number of amides is 7. The lowest BCUT2D eigenvalue weighted by molar-refractivity contribution is -0.134. The van der Waals surface area contributed by atoms with Gasteiger partial charge in [0.2, 0.25) is 5.91 Å². The molecule has 4 heterocycles. The number of piperidine rings is 3. The Morgan fingerprint density at radius 3 is 2.17 bits per heavy atom. The van der Waals surface area contributed by atoms with Gasteiger partial charge in [0.25, 0.3) is 0 Å². The zero-order chi connectivity index (χ0) is 32.0. The van der Waals surface area contributed by atoms with Crippen molar-refractivity contribution in [3.63, 3.8) is 0 Å². The first-order valence-corrected chi connectivity index (χ1v) is 16.7. The Kier molecular flexibility index (Phi) is 9.91. The Hall–Kier alpha value is -4.32. The summed E-state index contributed by atoms with van der Waals surface area (Å²) in [4.78, 5) is 59.8. The Labute approximate surface area is 270 Å². The molecule has 4 aliphatic heterocycles. The number of para-hydroxylation sites is 1. The summed E-state index contributed by atoms with van der Waals surface area (Å²) in [5, 5.41) is 8.62. The van der Waals surface area contributed by atoms with E-state index in [9.17, 15) is 19.2 Å². The predicted octanol–water partition coefficient (Wildman–Crippen LogP) is 3.79. The van der Waals surface area contributed by atoms with Crippen molar-refractivity contribution in [1.29, 1.82) is 0 Å². The second-order valence-electron chi connectivity index (χ2n) is 13.0. The van der Waals surface area contributed by atoms with Crippen LogP contribution < -0.4 is 21.7 Å². The minimum atomic E-state index is -0.726. The van der Waals surface area contributed by atoms with E-state index in [1.54, 1.807) is 17.0 Å². The van der Waals surface area contributed by atoms with Gasteiger partial charge in [-0.25, -0.2) is 14.4 Å². The largest absolute Gasteiger partial charge is 0.351 e. The molecule has 1 atom stereocenters. The lowest BCUT2D eigenvalue weighted by atomic mass is 9.98. The van der Waals surface area contributed by atoms with Crippen LogP contribution in [0.15, 0.2) is 48.5 Å². The van der Waals surface area contributed by atoms with Gasteiger partial charge in [-0.2, -0.15) is 0 Å². The molecule has 2 aromatic carbocycles. The fourth-order valence-electron chi connectivity index (χ4n) is 7.40. The standard InChI is InChI=1S/C34H46N8O4/c35-32(44)36-26-10-8-24(9-11-26)22-30(31(43)40-18-12-27(13-19-40)39-16-4-1-5-17-39)38-33(45)41-20-14-28(15-21-41)42-23-25-6-2-3-7-29(25)37-34(42)46/h2-3,6-11,27-28,30H,1,4-5,12-23H2,(H,37,46)(H,38,45)(H3,35,36,44). The molecule has 46 heavy (non-hydrogen) atoms. The summed E-state index contributed by atoms with van der Waals surface area (Å²) in [5.74, 6) is -0.0664. The molecule has 246 valence electrons. The van der Waals surface area contributed by atoms with E-state index in [-0.39, 0.29) is 24.0 Å². The number of primary amides is 1. The van der Waals surface area contributed by atoms with Crippen LogP contribution in [0.4, 0.5) is 25.8 Å². The molecule has 0 spiro atoms. The normalized spacial score (nSPS) is 20.4. The number of hydrogen-bond acceptors (Lipinski definition) is 5. The van der Waals surface area contributed by atoms with Gasteiger partial charge in [-0.05, 0) is 80.9 Å². The second kappa shape index (κ2) is 14.4. The third kappa shape index (κ3) is 7.55. The number of hydrogen-bond donors (Lipinski definition) is 4. The molecule has 0 bridgehead atoms. The van der Waals surface area contributed by atoms with E-state index in [0.29, 0.717) is 63.7 Å². The van der Waals surface area contributed by atoms with E-state index in [1.807, 2.05) is 46.2 Å². The number of rotatable bonds is 7. The van der Waals surface area contributed by atoms with Crippen molar-refractivity contribution in [2.45, 2.75) is 76.0 Å².